The minimum Gasteiger partial charge on any atom is -0.502 e. The summed E-state index contributed by atoms with van der Waals surface area (Å²) in [7, 11) is 1.31. The molecule has 2 heterocycles. The van der Waals surface area contributed by atoms with Crippen molar-refractivity contribution in [3.63, 3.8) is 0 Å². The number of rotatable bonds is 14. The molecule has 0 unspecified atom stereocenters. The van der Waals surface area contributed by atoms with Crippen LogP contribution in [0.15, 0.2) is 72.8 Å². The fraction of sp³-hybridized carbons (Fsp3) is 0.424. The molecule has 0 saturated heterocycles. The summed E-state index contributed by atoms with van der Waals surface area (Å²) in [6, 6.07) is 21.9. The van der Waals surface area contributed by atoms with E-state index in [2.05, 4.69) is 30.1 Å². The third kappa shape index (κ3) is 14.8. The number of benzene rings is 4. The third-order valence-electron chi connectivity index (χ3n) is 12.5. The van der Waals surface area contributed by atoms with Crippen LogP contribution in [-0.2, 0) is 36.6 Å². The van der Waals surface area contributed by atoms with Gasteiger partial charge in [-0.05, 0) is 154 Å². The monoisotopic (exact) mass is 1110 g/mol. The van der Waals surface area contributed by atoms with Crippen LogP contribution in [0, 0.1) is 13.1 Å². The average Bonchev–Trinajstić information content (AvgIpc) is 4.18. The number of carboxylic acid groups (broad SMARTS) is 1. The van der Waals surface area contributed by atoms with E-state index in [0.29, 0.717) is 45.7 Å². The van der Waals surface area contributed by atoms with Crippen LogP contribution in [0.4, 0.5) is 21.0 Å². The van der Waals surface area contributed by atoms with Gasteiger partial charge in [-0.1, -0.05) is 71.2 Å². The molecule has 2 atom stereocenters. The van der Waals surface area contributed by atoms with Crippen LogP contribution < -0.4 is 9.47 Å². The van der Waals surface area contributed by atoms with Crippen molar-refractivity contribution in [2.24, 2.45) is 0 Å². The van der Waals surface area contributed by atoms with E-state index in [9.17, 15) is 24.3 Å². The fourth-order valence-corrected chi connectivity index (χ4v) is 11.2. The molecular weight excluding hydrogens is 1040 g/mol. The fourth-order valence-electron chi connectivity index (χ4n) is 9.37. The molecule has 4 aromatic carbocycles. The highest BCUT2D eigenvalue weighted by molar-refractivity contribution is 7.18. The number of fused-ring (bicyclic) bond motifs is 2. The van der Waals surface area contributed by atoms with Crippen molar-refractivity contribution in [1.29, 1.82) is 0 Å². The molecule has 8 rings (SSSR count). The van der Waals surface area contributed by atoms with Crippen molar-refractivity contribution in [2.45, 2.75) is 143 Å². The molecule has 2 aromatic heterocycles. The first kappa shape index (κ1) is 58.7. The van der Waals surface area contributed by atoms with Crippen molar-refractivity contribution in [1.82, 2.24) is 30.2 Å². The Kier molecular flexibility index (Phi) is 18.8. The highest BCUT2D eigenvalue weighted by Gasteiger charge is 2.37. The number of carboxylic acids is 1. The lowest BCUT2D eigenvalue weighted by Crippen LogP contribution is -2.43. The minimum absolute atomic E-state index is 0.0357. The van der Waals surface area contributed by atoms with Gasteiger partial charge in [0.05, 0.1) is 44.5 Å². The second-order valence-electron chi connectivity index (χ2n) is 21.5. The number of carbonyl (C=O) groups is 4. The zero-order valence-electron chi connectivity index (χ0n) is 46.4. The summed E-state index contributed by atoms with van der Waals surface area (Å²) < 4.78 is 27.6. The maximum Gasteiger partial charge on any atom is 0.411 e. The number of aromatic nitrogens is 4. The number of hydrogen-bond donors (Lipinski definition) is 1. The highest BCUT2D eigenvalue weighted by atomic mass is 32.1. The molecule has 79 heavy (non-hydrogen) atoms. The maximum atomic E-state index is 13.2. The van der Waals surface area contributed by atoms with Gasteiger partial charge in [0, 0.05) is 22.3 Å². The highest BCUT2D eigenvalue weighted by Crippen LogP contribution is 2.45. The van der Waals surface area contributed by atoms with E-state index >= 15 is 0 Å². The SMILES string of the molecule is [C-]#[N+]c1cc(-c2nnc(-c3cccc4c3CCC[C@H]4N(CC(=O)O)C(=O)OC(C)(C)C)s2)ccc1OC(C)C.[C-]#[N+]c1cc(-c2nnc(-c3cccc4c3CCC[C@H]4N(CC(=O)OC)C(=O)OC(C)(C)C)s2)ccc1OC(C)C. The standard InChI is InChI=1S/C30H34N4O5S.C29H32N4O5S/c1-18(2)38-25-15-14-19(16-23(25)31-6)27-32-33-28(40-27)22-12-8-11-21-20(22)10-9-13-24(21)34(17-26(35)37-7)29(36)39-30(3,4)5;1-17(2)37-24-14-13-18(15-22(24)30-6)26-31-32-27(39-26)21-11-7-10-20-19(21)9-8-12-23(20)33(16-25(34)35)28(36)38-29(3,4)5/h8,11-12,14-16,18,24H,9-10,13,17H2,1-5,7H3;7,10-11,13-15,17,23H,8-9,12,16H2,1-5H3,(H,34,35)/t24-;23-/m11/s1. The first-order valence-corrected chi connectivity index (χ1v) is 27.7. The molecule has 2 aliphatic carbocycles. The Morgan fingerprint density at radius 2 is 1.04 bits per heavy atom. The molecule has 0 aliphatic heterocycles. The van der Waals surface area contributed by atoms with E-state index in [1.54, 1.807) is 65.8 Å². The molecule has 414 valence electrons. The van der Waals surface area contributed by atoms with Crippen LogP contribution in [0.3, 0.4) is 0 Å². The zero-order valence-corrected chi connectivity index (χ0v) is 48.0. The Hall–Kier alpha value is -7.94. The molecule has 0 bridgehead atoms. The normalized spacial score (nSPS) is 14.8. The lowest BCUT2D eigenvalue weighted by molar-refractivity contribution is -0.142. The van der Waals surface area contributed by atoms with E-state index in [4.69, 9.17) is 36.8 Å². The van der Waals surface area contributed by atoms with Gasteiger partial charge in [0.15, 0.2) is 0 Å². The molecule has 0 fully saturated rings. The molecule has 1 N–H and O–H groups in total. The number of esters is 1. The van der Waals surface area contributed by atoms with Gasteiger partial charge in [-0.3, -0.25) is 19.4 Å². The molecule has 2 amide bonds. The summed E-state index contributed by atoms with van der Waals surface area (Å²) >= 11 is 2.86. The third-order valence-corrected chi connectivity index (χ3v) is 14.5. The Morgan fingerprint density at radius 3 is 1.41 bits per heavy atom. The van der Waals surface area contributed by atoms with Crippen LogP contribution in [0.1, 0.15) is 129 Å². The van der Waals surface area contributed by atoms with Crippen LogP contribution in [0.2, 0.25) is 0 Å². The predicted molar refractivity (Wildman–Crippen MR) is 303 cm³/mol. The van der Waals surface area contributed by atoms with Gasteiger partial charge in [-0.15, -0.1) is 20.4 Å². The summed E-state index contributed by atoms with van der Waals surface area (Å²) in [5.74, 6) is -0.524. The summed E-state index contributed by atoms with van der Waals surface area (Å²) in [4.78, 5) is 60.2. The van der Waals surface area contributed by atoms with Crippen molar-refractivity contribution in [3.8, 4) is 53.8 Å². The quantitative estimate of drug-likeness (QED) is 0.0613. The van der Waals surface area contributed by atoms with Gasteiger partial charge in [-0.2, -0.15) is 0 Å². The zero-order chi connectivity index (χ0) is 57.3. The second kappa shape index (κ2) is 25.2. The van der Waals surface area contributed by atoms with Gasteiger partial charge < -0.3 is 28.8 Å². The number of ether oxygens (including phenoxy) is 5. The van der Waals surface area contributed by atoms with Crippen molar-refractivity contribution in [2.75, 3.05) is 20.2 Å². The largest absolute Gasteiger partial charge is 0.502 e. The first-order chi connectivity index (χ1) is 37.5. The summed E-state index contributed by atoms with van der Waals surface area (Å²) in [5, 5.41) is 30.2. The molecule has 0 spiro atoms. The lowest BCUT2D eigenvalue weighted by Gasteiger charge is -2.36. The van der Waals surface area contributed by atoms with Gasteiger partial charge in [-0.25, -0.2) is 19.3 Å². The van der Waals surface area contributed by atoms with Gasteiger partial charge in [0.1, 0.15) is 55.8 Å². The van der Waals surface area contributed by atoms with E-state index in [1.807, 2.05) is 76.2 Å². The summed E-state index contributed by atoms with van der Waals surface area (Å²) in [5.41, 5.74) is 6.76. The van der Waals surface area contributed by atoms with Crippen molar-refractivity contribution < 1.29 is 48.0 Å². The number of carbonyl (C=O) groups excluding carboxylic acids is 3. The minimum atomic E-state index is -1.10. The average molecular weight is 1110 g/mol. The first-order valence-electron chi connectivity index (χ1n) is 26.0. The molecule has 20 heteroatoms. The Labute approximate surface area is 469 Å². The molecule has 0 radical (unpaired) electrons. The van der Waals surface area contributed by atoms with Crippen molar-refractivity contribution in [3.05, 3.63) is 118 Å². The van der Waals surface area contributed by atoms with E-state index in [-0.39, 0.29) is 24.8 Å². The molecular formula is C59H66N8O10S2. The second-order valence-corrected chi connectivity index (χ2v) is 23.5. The molecule has 2 aliphatic rings. The Morgan fingerprint density at radius 1 is 0.633 bits per heavy atom. The number of methoxy groups -OCH3 is 1. The van der Waals surface area contributed by atoms with Gasteiger partial charge in [0.25, 0.3) is 0 Å². The van der Waals surface area contributed by atoms with Crippen LogP contribution in [-0.4, -0.2) is 103 Å². The predicted octanol–water partition coefficient (Wildman–Crippen LogP) is 13.9. The summed E-state index contributed by atoms with van der Waals surface area (Å²) in [6.07, 6.45) is 3.23. The topological polar surface area (TPSA) is 201 Å². The number of nitrogens with zero attached hydrogens (tertiary/aromatic N) is 8. The van der Waals surface area contributed by atoms with Crippen LogP contribution >= 0.6 is 22.7 Å². The Balaban J connectivity index is 0.000000229. The number of aliphatic carboxylic acids is 1. The number of amides is 2. The maximum absolute atomic E-state index is 13.2. The lowest BCUT2D eigenvalue weighted by atomic mass is 9.84. The van der Waals surface area contributed by atoms with Crippen LogP contribution in [0.5, 0.6) is 11.5 Å². The molecule has 18 nitrogen and oxygen atoms in total. The Bertz CT molecular complexity index is 3290. The van der Waals surface area contributed by atoms with E-state index < -0.39 is 47.9 Å². The van der Waals surface area contributed by atoms with E-state index in [0.717, 1.165) is 80.2 Å². The van der Waals surface area contributed by atoms with Crippen LogP contribution in [0.25, 0.3) is 52.0 Å². The number of hydrogen-bond acceptors (Lipinski definition) is 15. The van der Waals surface area contributed by atoms with E-state index in [1.165, 1.54) is 39.6 Å². The van der Waals surface area contributed by atoms with Crippen molar-refractivity contribution >= 4 is 58.2 Å². The smallest absolute Gasteiger partial charge is 0.411 e. The molecule has 6 aromatic rings. The summed E-state index contributed by atoms with van der Waals surface area (Å²) in [6.45, 7) is 32.8. The van der Waals surface area contributed by atoms with Gasteiger partial charge in [0.2, 0.25) is 11.4 Å². The molecule has 0 saturated carbocycles. The van der Waals surface area contributed by atoms with Gasteiger partial charge >= 0.3 is 24.1 Å².